The van der Waals surface area contributed by atoms with Crippen molar-refractivity contribution in [2.45, 2.75) is 44.9 Å². The molecule has 2 amide bonds. The first-order valence-electron chi connectivity index (χ1n) is 9.48. The van der Waals surface area contributed by atoms with Crippen LogP contribution in [0.15, 0.2) is 6.20 Å². The summed E-state index contributed by atoms with van der Waals surface area (Å²) in [7, 11) is 0. The Morgan fingerprint density at radius 3 is 2.73 bits per heavy atom. The molecular weight excluding hydrogens is 354 g/mol. The number of aromatic nitrogens is 2. The third-order valence-corrected chi connectivity index (χ3v) is 5.17. The molecule has 1 N–H and O–H groups in total. The molecule has 7 nitrogen and oxygen atoms in total. The van der Waals surface area contributed by atoms with Crippen LogP contribution in [-0.4, -0.2) is 59.4 Å². The summed E-state index contributed by atoms with van der Waals surface area (Å²) in [6.45, 7) is 3.81. The van der Waals surface area contributed by atoms with E-state index in [1.165, 1.54) is 6.20 Å². The first kappa shape index (κ1) is 18.9. The molecule has 26 heavy (non-hydrogen) atoms. The summed E-state index contributed by atoms with van der Waals surface area (Å²) in [5, 5.41) is 3.12. The average molecular weight is 380 g/mol. The zero-order chi connectivity index (χ0) is 18.4. The van der Waals surface area contributed by atoms with Crippen LogP contribution in [0.2, 0.25) is 5.02 Å². The van der Waals surface area contributed by atoms with Crippen LogP contribution in [0.25, 0.3) is 0 Å². The fourth-order valence-corrected chi connectivity index (χ4v) is 3.59. The molecule has 0 spiro atoms. The van der Waals surface area contributed by atoms with E-state index in [1.54, 1.807) is 0 Å². The molecule has 142 valence electrons. The van der Waals surface area contributed by atoms with Gasteiger partial charge in [0.2, 0.25) is 11.9 Å². The second kappa shape index (κ2) is 9.16. The molecule has 0 saturated carbocycles. The van der Waals surface area contributed by atoms with Crippen LogP contribution in [0, 0.1) is 0 Å². The molecule has 0 bridgehead atoms. The van der Waals surface area contributed by atoms with Crippen molar-refractivity contribution < 1.29 is 9.59 Å². The van der Waals surface area contributed by atoms with E-state index < -0.39 is 0 Å². The minimum atomic E-state index is -0.292. The largest absolute Gasteiger partial charge is 0.351 e. The number of halogens is 1. The molecule has 0 radical (unpaired) electrons. The van der Waals surface area contributed by atoms with E-state index in [0.717, 1.165) is 58.2 Å². The molecule has 0 aliphatic carbocycles. The van der Waals surface area contributed by atoms with E-state index in [2.05, 4.69) is 20.2 Å². The number of carbonyl (C=O) groups is 2. The Labute approximate surface area is 159 Å². The highest BCUT2D eigenvalue weighted by Crippen LogP contribution is 2.19. The third kappa shape index (κ3) is 4.84. The summed E-state index contributed by atoms with van der Waals surface area (Å²) < 4.78 is 0. The first-order chi connectivity index (χ1) is 12.6. The Hall–Kier alpha value is -1.89. The van der Waals surface area contributed by atoms with Crippen LogP contribution in [-0.2, 0) is 4.79 Å². The van der Waals surface area contributed by atoms with E-state index in [9.17, 15) is 9.59 Å². The minimum absolute atomic E-state index is 0.217. The predicted molar refractivity (Wildman–Crippen MR) is 100 cm³/mol. The van der Waals surface area contributed by atoms with Crippen molar-refractivity contribution in [2.75, 3.05) is 37.6 Å². The summed E-state index contributed by atoms with van der Waals surface area (Å²) in [6.07, 6.45) is 8.25. The van der Waals surface area contributed by atoms with Crippen LogP contribution < -0.4 is 10.2 Å². The van der Waals surface area contributed by atoms with E-state index in [4.69, 9.17) is 11.6 Å². The Morgan fingerprint density at radius 1 is 1.15 bits per heavy atom. The molecule has 0 atom stereocenters. The second-order valence-electron chi connectivity index (χ2n) is 6.86. The van der Waals surface area contributed by atoms with Gasteiger partial charge in [0.25, 0.3) is 5.91 Å². The topological polar surface area (TPSA) is 78.4 Å². The molecule has 2 saturated heterocycles. The van der Waals surface area contributed by atoms with Gasteiger partial charge in [-0.2, -0.15) is 0 Å². The van der Waals surface area contributed by atoms with Crippen molar-refractivity contribution in [1.29, 1.82) is 0 Å². The molecule has 2 fully saturated rings. The van der Waals surface area contributed by atoms with Crippen molar-refractivity contribution in [3.8, 4) is 0 Å². The van der Waals surface area contributed by atoms with Gasteiger partial charge >= 0.3 is 0 Å². The van der Waals surface area contributed by atoms with Crippen molar-refractivity contribution >= 4 is 29.4 Å². The Morgan fingerprint density at radius 2 is 1.92 bits per heavy atom. The van der Waals surface area contributed by atoms with Crippen molar-refractivity contribution in [1.82, 2.24) is 20.2 Å². The minimum Gasteiger partial charge on any atom is -0.351 e. The number of anilines is 1. The molecule has 1 aromatic rings. The molecule has 1 aromatic heterocycles. The molecule has 0 aromatic carbocycles. The number of carbonyl (C=O) groups excluding carboxylic acids is 2. The van der Waals surface area contributed by atoms with Gasteiger partial charge in [0.1, 0.15) is 0 Å². The van der Waals surface area contributed by atoms with E-state index >= 15 is 0 Å². The maximum absolute atomic E-state index is 12.4. The molecule has 3 heterocycles. The summed E-state index contributed by atoms with van der Waals surface area (Å²) in [4.78, 5) is 37.0. The first-order valence-corrected chi connectivity index (χ1v) is 9.86. The lowest BCUT2D eigenvalue weighted by Gasteiger charge is -2.20. The third-order valence-electron chi connectivity index (χ3n) is 4.90. The van der Waals surface area contributed by atoms with Gasteiger partial charge in [-0.25, -0.2) is 9.97 Å². The lowest BCUT2D eigenvalue weighted by atomic mass is 10.2. The van der Waals surface area contributed by atoms with Crippen LogP contribution in [0.1, 0.15) is 55.4 Å². The lowest BCUT2D eigenvalue weighted by molar-refractivity contribution is -0.130. The highest BCUT2D eigenvalue weighted by Gasteiger charge is 2.20. The second-order valence-corrected chi connectivity index (χ2v) is 7.27. The van der Waals surface area contributed by atoms with Crippen molar-refractivity contribution in [3.05, 3.63) is 16.9 Å². The molecular formula is C18H26ClN5O2. The number of amides is 2. The highest BCUT2D eigenvalue weighted by molar-refractivity contribution is 6.33. The number of nitrogens with one attached hydrogen (secondary N) is 1. The Balaban J connectivity index is 1.50. The zero-order valence-corrected chi connectivity index (χ0v) is 15.8. The monoisotopic (exact) mass is 379 g/mol. The van der Waals surface area contributed by atoms with Gasteiger partial charge in [0.15, 0.2) is 5.69 Å². The van der Waals surface area contributed by atoms with E-state index in [-0.39, 0.29) is 22.5 Å². The van der Waals surface area contributed by atoms with Gasteiger partial charge in [0, 0.05) is 39.1 Å². The summed E-state index contributed by atoms with van der Waals surface area (Å²) in [5.41, 5.74) is 0.217. The maximum atomic E-state index is 12.4. The van der Waals surface area contributed by atoms with Crippen molar-refractivity contribution in [3.63, 3.8) is 0 Å². The van der Waals surface area contributed by atoms with Gasteiger partial charge in [0.05, 0.1) is 11.2 Å². The van der Waals surface area contributed by atoms with Crippen LogP contribution in [0.5, 0.6) is 0 Å². The quantitative estimate of drug-likeness (QED) is 0.767. The van der Waals surface area contributed by atoms with Gasteiger partial charge in [-0.15, -0.1) is 0 Å². The summed E-state index contributed by atoms with van der Waals surface area (Å²) in [6, 6.07) is 0. The zero-order valence-electron chi connectivity index (χ0n) is 15.0. The number of likely N-dealkylation sites (tertiary alicyclic amines) is 1. The van der Waals surface area contributed by atoms with Crippen LogP contribution in [0.3, 0.4) is 0 Å². The Bertz CT molecular complexity index is 648. The lowest BCUT2D eigenvalue weighted by Crippen LogP contribution is -2.34. The van der Waals surface area contributed by atoms with Crippen molar-refractivity contribution in [2.24, 2.45) is 0 Å². The number of hydrogen-bond acceptors (Lipinski definition) is 5. The number of rotatable bonds is 6. The van der Waals surface area contributed by atoms with E-state index in [0.29, 0.717) is 25.5 Å². The summed E-state index contributed by atoms with van der Waals surface area (Å²) in [5.74, 6) is 0.496. The van der Waals surface area contributed by atoms with Crippen LogP contribution in [0.4, 0.5) is 5.95 Å². The summed E-state index contributed by atoms with van der Waals surface area (Å²) >= 11 is 6.11. The standard InChI is InChI=1S/C18H26ClN5O2/c19-14-13-21-18(24-10-4-5-11-24)22-16(14)17(26)20-8-6-12-23-9-3-1-2-7-15(23)25/h13H,1-12H2,(H,20,26). The van der Waals surface area contributed by atoms with Gasteiger partial charge in [-0.05, 0) is 32.1 Å². The normalized spacial score (nSPS) is 18.1. The fourth-order valence-electron chi connectivity index (χ4n) is 3.42. The van der Waals surface area contributed by atoms with Crippen LogP contribution >= 0.6 is 11.6 Å². The number of nitrogens with zero attached hydrogens (tertiary/aromatic N) is 4. The Kier molecular flexibility index (Phi) is 6.66. The number of hydrogen-bond donors (Lipinski definition) is 1. The molecule has 8 heteroatoms. The molecule has 3 rings (SSSR count). The SMILES string of the molecule is O=C(NCCCN1CCCCCC1=O)c1nc(N2CCCC2)ncc1Cl. The molecule has 0 unspecified atom stereocenters. The average Bonchev–Trinajstić information content (AvgIpc) is 3.10. The molecule has 2 aliphatic heterocycles. The predicted octanol–water partition coefficient (Wildman–Crippen LogP) is 2.25. The van der Waals surface area contributed by atoms with E-state index in [1.807, 2.05) is 4.90 Å². The maximum Gasteiger partial charge on any atom is 0.271 e. The fraction of sp³-hybridized carbons (Fsp3) is 0.667. The van der Waals surface area contributed by atoms with Gasteiger partial charge < -0.3 is 15.1 Å². The highest BCUT2D eigenvalue weighted by atomic mass is 35.5. The molecule has 2 aliphatic rings. The smallest absolute Gasteiger partial charge is 0.271 e. The van der Waals surface area contributed by atoms with Gasteiger partial charge in [-0.1, -0.05) is 18.0 Å². The van der Waals surface area contributed by atoms with Gasteiger partial charge in [-0.3, -0.25) is 9.59 Å².